The summed E-state index contributed by atoms with van der Waals surface area (Å²) in [7, 11) is 1.96. The Bertz CT molecular complexity index is 727. The fourth-order valence-corrected chi connectivity index (χ4v) is 3.75. The van der Waals surface area contributed by atoms with Crippen LogP contribution in [-0.4, -0.2) is 44.6 Å². The molecule has 0 spiro atoms. The van der Waals surface area contributed by atoms with Crippen LogP contribution in [0.1, 0.15) is 36.7 Å². The van der Waals surface area contributed by atoms with E-state index >= 15 is 0 Å². The van der Waals surface area contributed by atoms with Crippen LogP contribution in [0.3, 0.4) is 0 Å². The molecule has 25 heavy (non-hydrogen) atoms. The first-order valence-electron chi connectivity index (χ1n) is 8.95. The van der Waals surface area contributed by atoms with Gasteiger partial charge < -0.3 is 10.6 Å². The van der Waals surface area contributed by atoms with Crippen molar-refractivity contribution in [1.29, 1.82) is 0 Å². The molecule has 1 aliphatic heterocycles. The van der Waals surface area contributed by atoms with Crippen LogP contribution in [0, 0.1) is 13.8 Å². The average molecular weight is 344 g/mol. The summed E-state index contributed by atoms with van der Waals surface area (Å²) in [5, 5.41) is 15.4. The molecule has 0 bridgehead atoms. The second-order valence-electron chi connectivity index (χ2n) is 7.08. The SMILES string of the molecule is Cc1nn(C)c(C)c1CC(C)NC(=O)C1(n2cccn2)CCNCC1. The molecule has 1 saturated heterocycles. The second kappa shape index (κ2) is 7.00. The lowest BCUT2D eigenvalue weighted by Gasteiger charge is -2.37. The van der Waals surface area contributed by atoms with Crippen molar-refractivity contribution in [3.63, 3.8) is 0 Å². The molecule has 1 atom stereocenters. The van der Waals surface area contributed by atoms with Crippen LogP contribution >= 0.6 is 0 Å². The van der Waals surface area contributed by atoms with Gasteiger partial charge in [0, 0.05) is 31.2 Å². The quantitative estimate of drug-likeness (QED) is 0.850. The molecule has 136 valence electrons. The van der Waals surface area contributed by atoms with Gasteiger partial charge >= 0.3 is 0 Å². The van der Waals surface area contributed by atoms with E-state index in [1.54, 1.807) is 6.20 Å². The average Bonchev–Trinajstić information content (AvgIpc) is 3.21. The molecule has 7 heteroatoms. The lowest BCUT2D eigenvalue weighted by atomic mass is 9.87. The molecule has 0 aromatic carbocycles. The van der Waals surface area contributed by atoms with Crippen LogP contribution in [-0.2, 0) is 23.8 Å². The smallest absolute Gasteiger partial charge is 0.248 e. The largest absolute Gasteiger partial charge is 0.351 e. The number of hydrogen-bond donors (Lipinski definition) is 2. The summed E-state index contributed by atoms with van der Waals surface area (Å²) in [5.74, 6) is 0.0596. The van der Waals surface area contributed by atoms with Crippen molar-refractivity contribution in [3.05, 3.63) is 35.4 Å². The van der Waals surface area contributed by atoms with Gasteiger partial charge in [0.15, 0.2) is 0 Å². The van der Waals surface area contributed by atoms with E-state index in [2.05, 4.69) is 34.7 Å². The zero-order valence-corrected chi connectivity index (χ0v) is 15.5. The fraction of sp³-hybridized carbons (Fsp3) is 0.611. The highest BCUT2D eigenvalue weighted by Gasteiger charge is 2.42. The molecule has 2 aromatic heterocycles. The number of rotatable bonds is 5. The third-order valence-corrected chi connectivity index (χ3v) is 5.34. The molecule has 2 aromatic rings. The van der Waals surface area contributed by atoms with Crippen molar-refractivity contribution in [3.8, 4) is 0 Å². The Labute approximate surface area is 148 Å². The Morgan fingerprint density at radius 1 is 1.40 bits per heavy atom. The molecule has 1 aliphatic rings. The van der Waals surface area contributed by atoms with Gasteiger partial charge in [-0.05, 0) is 64.8 Å². The van der Waals surface area contributed by atoms with E-state index in [0.717, 1.165) is 43.7 Å². The van der Waals surface area contributed by atoms with E-state index in [9.17, 15) is 4.79 Å². The predicted octanol–water partition coefficient (Wildman–Crippen LogP) is 1.06. The number of amides is 1. The van der Waals surface area contributed by atoms with E-state index in [1.807, 2.05) is 35.6 Å². The summed E-state index contributed by atoms with van der Waals surface area (Å²) in [5.41, 5.74) is 2.81. The minimum atomic E-state index is -0.595. The number of carbonyl (C=O) groups excluding carboxylic acids is 1. The lowest BCUT2D eigenvalue weighted by Crippen LogP contribution is -2.56. The van der Waals surface area contributed by atoms with Gasteiger partial charge in [-0.15, -0.1) is 0 Å². The standard InChI is InChI=1S/C18H28N6O/c1-13(12-16-14(2)22-23(4)15(16)3)21-17(25)18(6-9-19-10-7-18)24-11-5-8-20-24/h5,8,11,13,19H,6-7,9-10,12H2,1-4H3,(H,21,25). The number of aromatic nitrogens is 4. The summed E-state index contributed by atoms with van der Waals surface area (Å²) in [6.07, 6.45) is 5.91. The van der Waals surface area contributed by atoms with Gasteiger partial charge in [0.1, 0.15) is 5.54 Å². The molecule has 0 saturated carbocycles. The third kappa shape index (κ3) is 3.33. The Kier molecular flexibility index (Phi) is 4.94. The first-order valence-corrected chi connectivity index (χ1v) is 8.95. The maximum atomic E-state index is 13.2. The number of aryl methyl sites for hydroxylation is 2. The maximum Gasteiger partial charge on any atom is 0.248 e. The number of hydrogen-bond acceptors (Lipinski definition) is 4. The highest BCUT2D eigenvalue weighted by Crippen LogP contribution is 2.27. The molecule has 1 fully saturated rings. The van der Waals surface area contributed by atoms with Crippen molar-refractivity contribution in [2.24, 2.45) is 7.05 Å². The first-order chi connectivity index (χ1) is 11.9. The molecule has 1 amide bonds. The first kappa shape index (κ1) is 17.7. The Morgan fingerprint density at radius 3 is 2.68 bits per heavy atom. The zero-order chi connectivity index (χ0) is 18.0. The number of carbonyl (C=O) groups is 1. The minimum Gasteiger partial charge on any atom is -0.351 e. The number of nitrogens with one attached hydrogen (secondary N) is 2. The summed E-state index contributed by atoms with van der Waals surface area (Å²) >= 11 is 0. The van der Waals surface area contributed by atoms with E-state index in [1.165, 1.54) is 5.56 Å². The van der Waals surface area contributed by atoms with Gasteiger partial charge in [-0.2, -0.15) is 10.2 Å². The van der Waals surface area contributed by atoms with Crippen LogP contribution in [0.2, 0.25) is 0 Å². The fourth-order valence-electron chi connectivity index (χ4n) is 3.75. The minimum absolute atomic E-state index is 0.0384. The van der Waals surface area contributed by atoms with Crippen molar-refractivity contribution in [2.45, 2.75) is 51.6 Å². The van der Waals surface area contributed by atoms with Crippen LogP contribution in [0.25, 0.3) is 0 Å². The van der Waals surface area contributed by atoms with Crippen molar-refractivity contribution in [1.82, 2.24) is 30.2 Å². The summed E-state index contributed by atoms with van der Waals surface area (Å²) in [6.45, 7) is 7.80. The molecule has 7 nitrogen and oxygen atoms in total. The topological polar surface area (TPSA) is 76.8 Å². The summed E-state index contributed by atoms with van der Waals surface area (Å²) in [4.78, 5) is 13.2. The Hall–Kier alpha value is -2.15. The van der Waals surface area contributed by atoms with Gasteiger partial charge in [0.25, 0.3) is 0 Å². The second-order valence-corrected chi connectivity index (χ2v) is 7.08. The van der Waals surface area contributed by atoms with E-state index < -0.39 is 5.54 Å². The van der Waals surface area contributed by atoms with Gasteiger partial charge in [0.05, 0.1) is 5.69 Å². The summed E-state index contributed by atoms with van der Waals surface area (Å²) in [6, 6.07) is 1.92. The normalized spacial score (nSPS) is 18.1. The van der Waals surface area contributed by atoms with Crippen LogP contribution in [0.15, 0.2) is 18.5 Å². The van der Waals surface area contributed by atoms with E-state index in [-0.39, 0.29) is 11.9 Å². The van der Waals surface area contributed by atoms with Gasteiger partial charge in [-0.1, -0.05) is 0 Å². The molecule has 3 rings (SSSR count). The van der Waals surface area contributed by atoms with Crippen molar-refractivity contribution < 1.29 is 4.79 Å². The summed E-state index contributed by atoms with van der Waals surface area (Å²) < 4.78 is 3.73. The Balaban J connectivity index is 1.75. The molecule has 3 heterocycles. The zero-order valence-electron chi connectivity index (χ0n) is 15.5. The number of piperidine rings is 1. The van der Waals surface area contributed by atoms with Gasteiger partial charge in [-0.25, -0.2) is 0 Å². The molecule has 1 unspecified atom stereocenters. The van der Waals surface area contributed by atoms with Crippen LogP contribution < -0.4 is 10.6 Å². The molecule has 2 N–H and O–H groups in total. The van der Waals surface area contributed by atoms with Gasteiger partial charge in [-0.3, -0.25) is 14.2 Å². The number of nitrogens with zero attached hydrogens (tertiary/aromatic N) is 4. The van der Waals surface area contributed by atoms with Crippen molar-refractivity contribution >= 4 is 5.91 Å². The highest BCUT2D eigenvalue weighted by molar-refractivity contribution is 5.84. The molecular weight excluding hydrogens is 316 g/mol. The third-order valence-electron chi connectivity index (χ3n) is 5.34. The lowest BCUT2D eigenvalue weighted by molar-refractivity contribution is -0.132. The Morgan fingerprint density at radius 2 is 2.12 bits per heavy atom. The maximum absolute atomic E-state index is 13.2. The monoisotopic (exact) mass is 344 g/mol. The predicted molar refractivity (Wildman–Crippen MR) is 96.3 cm³/mol. The van der Waals surface area contributed by atoms with E-state index in [4.69, 9.17) is 0 Å². The van der Waals surface area contributed by atoms with Crippen LogP contribution in [0.5, 0.6) is 0 Å². The van der Waals surface area contributed by atoms with Crippen LogP contribution in [0.4, 0.5) is 0 Å². The molecular formula is C18H28N6O. The molecule has 0 radical (unpaired) electrons. The molecule has 0 aliphatic carbocycles. The van der Waals surface area contributed by atoms with Gasteiger partial charge in [0.2, 0.25) is 5.91 Å². The van der Waals surface area contributed by atoms with E-state index in [0.29, 0.717) is 0 Å². The van der Waals surface area contributed by atoms with Crippen molar-refractivity contribution in [2.75, 3.05) is 13.1 Å². The highest BCUT2D eigenvalue weighted by atomic mass is 16.2.